The highest BCUT2D eigenvalue weighted by Crippen LogP contribution is 2.35. The zero-order valence-corrected chi connectivity index (χ0v) is 11.9. The summed E-state index contributed by atoms with van der Waals surface area (Å²) < 4.78 is 39.4. The van der Waals surface area contributed by atoms with Crippen LogP contribution < -0.4 is 5.32 Å². The highest BCUT2D eigenvalue weighted by Gasteiger charge is 2.34. The Morgan fingerprint density at radius 1 is 1.14 bits per heavy atom. The van der Waals surface area contributed by atoms with E-state index in [0.29, 0.717) is 6.42 Å². The van der Waals surface area contributed by atoms with Crippen molar-refractivity contribution in [3.05, 3.63) is 65.0 Å². The molecule has 1 N–H and O–H groups in total. The van der Waals surface area contributed by atoms with E-state index in [-0.39, 0.29) is 5.56 Å². The SMILES string of the molecule is CNC(Cc1ncccc1C)c1ccccc1C(F)(F)F. The highest BCUT2D eigenvalue weighted by molar-refractivity contribution is 5.34. The monoisotopic (exact) mass is 294 g/mol. The first-order valence-electron chi connectivity index (χ1n) is 6.67. The van der Waals surface area contributed by atoms with Crippen molar-refractivity contribution in [1.82, 2.24) is 10.3 Å². The van der Waals surface area contributed by atoms with Crippen LogP contribution >= 0.6 is 0 Å². The Bertz CT molecular complexity index is 608. The third-order valence-electron chi connectivity index (χ3n) is 3.51. The van der Waals surface area contributed by atoms with Crippen LogP contribution in [0.25, 0.3) is 0 Å². The zero-order valence-electron chi connectivity index (χ0n) is 11.9. The average molecular weight is 294 g/mol. The van der Waals surface area contributed by atoms with Crippen molar-refractivity contribution >= 4 is 0 Å². The molecule has 0 saturated carbocycles. The van der Waals surface area contributed by atoms with Gasteiger partial charge in [0.05, 0.1) is 5.56 Å². The molecule has 2 rings (SSSR count). The van der Waals surface area contributed by atoms with Gasteiger partial charge in [0.2, 0.25) is 0 Å². The molecule has 1 heterocycles. The molecule has 0 radical (unpaired) electrons. The van der Waals surface area contributed by atoms with Gasteiger partial charge in [0.25, 0.3) is 0 Å². The third kappa shape index (κ3) is 3.61. The van der Waals surface area contributed by atoms with Crippen molar-refractivity contribution < 1.29 is 13.2 Å². The molecule has 2 aromatic rings. The Hall–Kier alpha value is -1.88. The largest absolute Gasteiger partial charge is 0.416 e. The van der Waals surface area contributed by atoms with Crippen molar-refractivity contribution in [2.24, 2.45) is 0 Å². The summed E-state index contributed by atoms with van der Waals surface area (Å²) in [5.41, 5.74) is 1.42. The number of pyridine rings is 1. The first kappa shape index (κ1) is 15.5. The number of benzene rings is 1. The molecule has 2 nitrogen and oxygen atoms in total. The minimum atomic E-state index is -4.36. The van der Waals surface area contributed by atoms with Crippen LogP contribution in [0.2, 0.25) is 0 Å². The summed E-state index contributed by atoms with van der Waals surface area (Å²) in [7, 11) is 1.66. The molecule has 0 aliphatic heterocycles. The summed E-state index contributed by atoms with van der Waals surface area (Å²) in [6, 6.07) is 8.96. The summed E-state index contributed by atoms with van der Waals surface area (Å²) >= 11 is 0. The normalized spacial score (nSPS) is 13.2. The van der Waals surface area contributed by atoms with Gasteiger partial charge in [-0.15, -0.1) is 0 Å². The van der Waals surface area contributed by atoms with Gasteiger partial charge >= 0.3 is 6.18 Å². The van der Waals surface area contributed by atoms with Crippen molar-refractivity contribution in [3.63, 3.8) is 0 Å². The Kier molecular flexibility index (Phi) is 4.63. The zero-order chi connectivity index (χ0) is 15.5. The first-order chi connectivity index (χ1) is 9.93. The molecule has 1 aromatic heterocycles. The summed E-state index contributed by atoms with van der Waals surface area (Å²) in [4.78, 5) is 4.26. The molecule has 21 heavy (non-hydrogen) atoms. The lowest BCUT2D eigenvalue weighted by Gasteiger charge is -2.21. The molecule has 1 unspecified atom stereocenters. The molecule has 0 spiro atoms. The fraction of sp³-hybridized carbons (Fsp3) is 0.312. The molecule has 112 valence electrons. The molecule has 0 aliphatic rings. The molecule has 1 aromatic carbocycles. The minimum Gasteiger partial charge on any atom is -0.313 e. The summed E-state index contributed by atoms with van der Waals surface area (Å²) in [5.74, 6) is 0. The van der Waals surface area contributed by atoms with Gasteiger partial charge in [-0.25, -0.2) is 0 Å². The van der Waals surface area contributed by atoms with E-state index in [1.165, 1.54) is 12.1 Å². The predicted molar refractivity (Wildman–Crippen MR) is 75.9 cm³/mol. The lowest BCUT2D eigenvalue weighted by molar-refractivity contribution is -0.138. The van der Waals surface area contributed by atoms with E-state index < -0.39 is 17.8 Å². The predicted octanol–water partition coefficient (Wildman–Crippen LogP) is 3.91. The number of rotatable bonds is 4. The molecule has 0 amide bonds. The Labute approximate surface area is 122 Å². The van der Waals surface area contributed by atoms with Crippen LogP contribution in [0, 0.1) is 6.92 Å². The van der Waals surface area contributed by atoms with Gasteiger partial charge in [-0.05, 0) is 37.2 Å². The van der Waals surface area contributed by atoms with Crippen LogP contribution in [0.5, 0.6) is 0 Å². The van der Waals surface area contributed by atoms with E-state index in [9.17, 15) is 13.2 Å². The van der Waals surface area contributed by atoms with Crippen molar-refractivity contribution in [2.45, 2.75) is 25.6 Å². The van der Waals surface area contributed by atoms with Crippen molar-refractivity contribution in [2.75, 3.05) is 7.05 Å². The second-order valence-corrected chi connectivity index (χ2v) is 4.90. The molecule has 0 fully saturated rings. The van der Waals surface area contributed by atoms with Crippen LogP contribution in [0.4, 0.5) is 13.2 Å². The van der Waals surface area contributed by atoms with E-state index in [1.54, 1.807) is 19.3 Å². The second kappa shape index (κ2) is 6.26. The van der Waals surface area contributed by atoms with E-state index in [2.05, 4.69) is 10.3 Å². The van der Waals surface area contributed by atoms with Gasteiger partial charge in [0.1, 0.15) is 0 Å². The fourth-order valence-electron chi connectivity index (χ4n) is 2.35. The maximum atomic E-state index is 13.1. The van der Waals surface area contributed by atoms with E-state index in [1.807, 2.05) is 19.1 Å². The number of halogens is 3. The van der Waals surface area contributed by atoms with Crippen LogP contribution in [-0.4, -0.2) is 12.0 Å². The molecular formula is C16H17F3N2. The average Bonchev–Trinajstić information content (AvgIpc) is 2.45. The van der Waals surface area contributed by atoms with Crippen molar-refractivity contribution in [1.29, 1.82) is 0 Å². The number of aromatic nitrogens is 1. The molecular weight excluding hydrogens is 277 g/mol. The van der Waals surface area contributed by atoms with Gasteiger partial charge in [-0.1, -0.05) is 24.3 Å². The Morgan fingerprint density at radius 2 is 1.86 bits per heavy atom. The van der Waals surface area contributed by atoms with E-state index in [0.717, 1.165) is 17.3 Å². The number of alkyl halides is 3. The van der Waals surface area contributed by atoms with Gasteiger partial charge in [-0.2, -0.15) is 13.2 Å². The van der Waals surface area contributed by atoms with Gasteiger partial charge in [-0.3, -0.25) is 4.98 Å². The van der Waals surface area contributed by atoms with Crippen LogP contribution in [0.15, 0.2) is 42.6 Å². The quantitative estimate of drug-likeness (QED) is 0.924. The molecule has 0 bridgehead atoms. The maximum Gasteiger partial charge on any atom is 0.416 e. The number of hydrogen-bond acceptors (Lipinski definition) is 2. The highest BCUT2D eigenvalue weighted by atomic mass is 19.4. The van der Waals surface area contributed by atoms with Gasteiger partial charge < -0.3 is 5.32 Å². The minimum absolute atomic E-state index is 0.248. The summed E-state index contributed by atoms with van der Waals surface area (Å²) in [6.07, 6.45) is -2.29. The van der Waals surface area contributed by atoms with Crippen LogP contribution in [0.3, 0.4) is 0 Å². The smallest absolute Gasteiger partial charge is 0.313 e. The van der Waals surface area contributed by atoms with Crippen molar-refractivity contribution in [3.8, 4) is 0 Å². The molecule has 0 aliphatic carbocycles. The number of nitrogens with one attached hydrogen (secondary N) is 1. The van der Waals surface area contributed by atoms with Gasteiger partial charge in [0.15, 0.2) is 0 Å². The fourth-order valence-corrected chi connectivity index (χ4v) is 2.35. The summed E-state index contributed by atoms with van der Waals surface area (Å²) in [5, 5.41) is 2.97. The lowest BCUT2D eigenvalue weighted by Crippen LogP contribution is -2.23. The summed E-state index contributed by atoms with van der Waals surface area (Å²) in [6.45, 7) is 1.91. The third-order valence-corrected chi connectivity index (χ3v) is 3.51. The number of hydrogen-bond donors (Lipinski definition) is 1. The number of likely N-dealkylation sites (N-methyl/N-ethyl adjacent to an activating group) is 1. The lowest BCUT2D eigenvalue weighted by atomic mass is 9.95. The van der Waals surface area contributed by atoms with E-state index in [4.69, 9.17) is 0 Å². The standard InChI is InChI=1S/C16H17F3N2/c1-11-6-5-9-21-14(11)10-15(20-2)12-7-3-4-8-13(12)16(17,18)19/h3-9,15,20H,10H2,1-2H3. The Balaban J connectivity index is 2.37. The maximum absolute atomic E-state index is 13.1. The van der Waals surface area contributed by atoms with Gasteiger partial charge in [0, 0.05) is 24.4 Å². The second-order valence-electron chi connectivity index (χ2n) is 4.90. The number of nitrogens with zero attached hydrogens (tertiary/aromatic N) is 1. The first-order valence-corrected chi connectivity index (χ1v) is 6.67. The molecule has 0 saturated heterocycles. The van der Waals surface area contributed by atoms with E-state index >= 15 is 0 Å². The molecule has 1 atom stereocenters. The topological polar surface area (TPSA) is 24.9 Å². The van der Waals surface area contributed by atoms with Crippen LogP contribution in [0.1, 0.15) is 28.4 Å². The Morgan fingerprint density at radius 3 is 2.48 bits per heavy atom. The van der Waals surface area contributed by atoms with Crippen LogP contribution in [-0.2, 0) is 12.6 Å². The molecule has 5 heteroatoms. The number of aryl methyl sites for hydroxylation is 1.